The van der Waals surface area contributed by atoms with Gasteiger partial charge in [0.15, 0.2) is 0 Å². The molecule has 0 aliphatic carbocycles. The van der Waals surface area contributed by atoms with Crippen LogP contribution in [0.15, 0.2) is 24.3 Å². The van der Waals surface area contributed by atoms with E-state index in [2.05, 4.69) is 16.1 Å². The minimum Gasteiger partial charge on any atom is -0.340 e. The Kier molecular flexibility index (Phi) is 5.45. The number of rotatable bonds is 4. The Labute approximate surface area is 154 Å². The van der Waals surface area contributed by atoms with Crippen LogP contribution in [0.4, 0.5) is 0 Å². The van der Waals surface area contributed by atoms with Gasteiger partial charge in [0, 0.05) is 56.1 Å². The third-order valence-electron chi connectivity index (χ3n) is 5.01. The van der Waals surface area contributed by atoms with E-state index in [1.54, 1.807) is 0 Å². The maximum absolute atomic E-state index is 12.6. The van der Waals surface area contributed by atoms with Gasteiger partial charge in [0.05, 0.1) is 12.1 Å². The molecule has 1 aliphatic rings. The van der Waals surface area contributed by atoms with Gasteiger partial charge in [-0.15, -0.1) is 0 Å². The normalized spacial score (nSPS) is 15.6. The van der Waals surface area contributed by atoms with Crippen LogP contribution >= 0.6 is 11.6 Å². The quantitative estimate of drug-likeness (QED) is 0.841. The molecule has 1 aromatic heterocycles. The molecule has 134 valence electrons. The molecule has 2 aromatic rings. The molecule has 0 radical (unpaired) electrons. The van der Waals surface area contributed by atoms with Crippen molar-refractivity contribution in [2.75, 3.05) is 26.2 Å². The van der Waals surface area contributed by atoms with Gasteiger partial charge in [0.1, 0.15) is 0 Å². The van der Waals surface area contributed by atoms with Crippen molar-refractivity contribution in [1.29, 1.82) is 0 Å². The van der Waals surface area contributed by atoms with Crippen LogP contribution in [-0.4, -0.2) is 51.7 Å². The molecule has 0 bridgehead atoms. The molecule has 1 fully saturated rings. The highest BCUT2D eigenvalue weighted by atomic mass is 35.5. The van der Waals surface area contributed by atoms with Crippen molar-refractivity contribution in [3.05, 3.63) is 51.8 Å². The highest BCUT2D eigenvalue weighted by Crippen LogP contribution is 2.16. The van der Waals surface area contributed by atoms with Crippen molar-refractivity contribution in [3.63, 3.8) is 0 Å². The first-order valence-electron chi connectivity index (χ1n) is 8.67. The molecule has 25 heavy (non-hydrogen) atoms. The van der Waals surface area contributed by atoms with Crippen LogP contribution in [0.1, 0.15) is 22.5 Å². The van der Waals surface area contributed by atoms with E-state index in [4.69, 9.17) is 11.6 Å². The van der Waals surface area contributed by atoms with Crippen molar-refractivity contribution in [2.45, 2.75) is 26.8 Å². The average molecular weight is 361 g/mol. The predicted molar refractivity (Wildman–Crippen MR) is 99.7 cm³/mol. The van der Waals surface area contributed by atoms with Crippen LogP contribution in [-0.2, 0) is 24.8 Å². The first-order valence-corrected chi connectivity index (χ1v) is 9.05. The Morgan fingerprint density at radius 2 is 1.92 bits per heavy atom. The summed E-state index contributed by atoms with van der Waals surface area (Å²) in [5.41, 5.74) is 4.31. The van der Waals surface area contributed by atoms with Crippen LogP contribution < -0.4 is 0 Å². The zero-order chi connectivity index (χ0) is 18.0. The smallest absolute Gasteiger partial charge is 0.227 e. The first-order chi connectivity index (χ1) is 11.9. The molecule has 1 saturated heterocycles. The summed E-state index contributed by atoms with van der Waals surface area (Å²) in [4.78, 5) is 17.0. The highest BCUT2D eigenvalue weighted by molar-refractivity contribution is 6.30. The van der Waals surface area contributed by atoms with Crippen LogP contribution in [0.3, 0.4) is 0 Å². The van der Waals surface area contributed by atoms with Gasteiger partial charge < -0.3 is 4.90 Å². The maximum atomic E-state index is 12.6. The Morgan fingerprint density at radius 3 is 2.52 bits per heavy atom. The van der Waals surface area contributed by atoms with Crippen molar-refractivity contribution in [2.24, 2.45) is 7.05 Å². The van der Waals surface area contributed by atoms with E-state index >= 15 is 0 Å². The fourth-order valence-electron chi connectivity index (χ4n) is 3.39. The summed E-state index contributed by atoms with van der Waals surface area (Å²) in [7, 11) is 1.92. The van der Waals surface area contributed by atoms with E-state index in [0.29, 0.717) is 6.42 Å². The van der Waals surface area contributed by atoms with Crippen LogP contribution in [0.25, 0.3) is 0 Å². The van der Waals surface area contributed by atoms with Gasteiger partial charge in [0.25, 0.3) is 0 Å². The third kappa shape index (κ3) is 4.22. The van der Waals surface area contributed by atoms with Gasteiger partial charge in [-0.2, -0.15) is 5.10 Å². The molecule has 2 heterocycles. The fraction of sp³-hybridized carbons (Fsp3) is 0.474. The molecule has 0 N–H and O–H groups in total. The summed E-state index contributed by atoms with van der Waals surface area (Å²) in [6.45, 7) is 8.20. The monoisotopic (exact) mass is 360 g/mol. The number of hydrogen-bond acceptors (Lipinski definition) is 3. The third-order valence-corrected chi connectivity index (χ3v) is 5.24. The highest BCUT2D eigenvalue weighted by Gasteiger charge is 2.23. The number of halogens is 1. The Balaban J connectivity index is 1.54. The lowest BCUT2D eigenvalue weighted by molar-refractivity contribution is -0.132. The number of benzene rings is 1. The van der Waals surface area contributed by atoms with E-state index in [9.17, 15) is 4.79 Å². The molecule has 1 aliphatic heterocycles. The minimum atomic E-state index is 0.196. The molecule has 5 nitrogen and oxygen atoms in total. The largest absolute Gasteiger partial charge is 0.340 e. The zero-order valence-electron chi connectivity index (χ0n) is 15.1. The summed E-state index contributed by atoms with van der Waals surface area (Å²) in [5.74, 6) is 0.196. The van der Waals surface area contributed by atoms with E-state index in [-0.39, 0.29) is 5.91 Å². The van der Waals surface area contributed by atoms with Crippen molar-refractivity contribution < 1.29 is 4.79 Å². The topological polar surface area (TPSA) is 41.4 Å². The Bertz CT molecular complexity index is 763. The van der Waals surface area contributed by atoms with Crippen LogP contribution in [0.5, 0.6) is 0 Å². The Morgan fingerprint density at radius 1 is 1.20 bits per heavy atom. The van der Waals surface area contributed by atoms with E-state index in [0.717, 1.165) is 54.7 Å². The number of amides is 1. The van der Waals surface area contributed by atoms with E-state index < -0.39 is 0 Å². The second-order valence-corrected chi connectivity index (χ2v) is 7.17. The van der Waals surface area contributed by atoms with Gasteiger partial charge in [-0.25, -0.2) is 0 Å². The summed E-state index contributed by atoms with van der Waals surface area (Å²) in [6.07, 6.45) is 0.444. The molecular weight excluding hydrogens is 336 g/mol. The fourth-order valence-corrected chi connectivity index (χ4v) is 3.60. The van der Waals surface area contributed by atoms with Gasteiger partial charge in [-0.3, -0.25) is 14.4 Å². The summed E-state index contributed by atoms with van der Waals surface area (Å²) >= 11 is 6.05. The standard InChI is InChI=1S/C19H25ClN4O/c1-14-18(15(2)22(3)21-14)12-19(25)24-9-7-23(8-10-24)13-16-5-4-6-17(20)11-16/h4-6,11H,7-10,12-13H2,1-3H3. The minimum absolute atomic E-state index is 0.196. The lowest BCUT2D eigenvalue weighted by atomic mass is 10.1. The SMILES string of the molecule is Cc1nn(C)c(C)c1CC(=O)N1CCN(Cc2cccc(Cl)c2)CC1. The van der Waals surface area contributed by atoms with Crippen molar-refractivity contribution in [3.8, 4) is 0 Å². The van der Waals surface area contributed by atoms with Gasteiger partial charge in [-0.05, 0) is 31.5 Å². The molecule has 3 rings (SSSR count). The lowest BCUT2D eigenvalue weighted by Crippen LogP contribution is -2.48. The Hall–Kier alpha value is -1.85. The summed E-state index contributed by atoms with van der Waals surface area (Å²) in [5, 5.41) is 5.17. The predicted octanol–water partition coefficient (Wildman–Crippen LogP) is 2.58. The molecule has 0 unspecified atom stereocenters. The molecule has 0 atom stereocenters. The number of hydrogen-bond donors (Lipinski definition) is 0. The molecule has 0 spiro atoms. The zero-order valence-corrected chi connectivity index (χ0v) is 15.9. The van der Waals surface area contributed by atoms with E-state index in [1.165, 1.54) is 5.56 Å². The summed E-state index contributed by atoms with van der Waals surface area (Å²) in [6, 6.07) is 7.98. The van der Waals surface area contributed by atoms with Gasteiger partial charge >= 0.3 is 0 Å². The lowest BCUT2D eigenvalue weighted by Gasteiger charge is -2.35. The number of carbonyl (C=O) groups excluding carboxylic acids is 1. The molecule has 0 saturated carbocycles. The van der Waals surface area contributed by atoms with Crippen molar-refractivity contribution in [1.82, 2.24) is 19.6 Å². The second-order valence-electron chi connectivity index (χ2n) is 6.74. The molecule has 1 aromatic carbocycles. The molecule has 6 heteroatoms. The molecule has 1 amide bonds. The average Bonchev–Trinajstić information content (AvgIpc) is 2.82. The number of piperazine rings is 1. The maximum Gasteiger partial charge on any atom is 0.227 e. The second kappa shape index (κ2) is 7.58. The van der Waals surface area contributed by atoms with Gasteiger partial charge in [0.2, 0.25) is 5.91 Å². The van der Waals surface area contributed by atoms with Crippen LogP contribution in [0, 0.1) is 13.8 Å². The number of carbonyl (C=O) groups is 1. The first kappa shape index (κ1) is 18.0. The summed E-state index contributed by atoms with van der Waals surface area (Å²) < 4.78 is 1.85. The number of nitrogens with zero attached hydrogens (tertiary/aromatic N) is 4. The van der Waals surface area contributed by atoms with E-state index in [1.807, 2.05) is 48.7 Å². The van der Waals surface area contributed by atoms with Gasteiger partial charge in [-0.1, -0.05) is 23.7 Å². The van der Waals surface area contributed by atoms with Crippen molar-refractivity contribution >= 4 is 17.5 Å². The number of aryl methyl sites for hydroxylation is 2. The number of aromatic nitrogens is 2. The molecular formula is C19H25ClN4O. The van der Waals surface area contributed by atoms with Crippen LogP contribution in [0.2, 0.25) is 5.02 Å².